The van der Waals surface area contributed by atoms with Crippen molar-refractivity contribution in [2.24, 2.45) is 11.1 Å². The molecular weight excluding hydrogens is 374 g/mol. The second kappa shape index (κ2) is 9.17. The molecule has 0 unspecified atom stereocenters. The highest BCUT2D eigenvalue weighted by Crippen LogP contribution is 2.21. The highest BCUT2D eigenvalue weighted by Gasteiger charge is 2.28. The molecule has 0 radical (unpaired) electrons. The molecule has 0 saturated carbocycles. The summed E-state index contributed by atoms with van der Waals surface area (Å²) in [5.74, 6) is -0.239. The molecule has 1 aromatic rings. The topological polar surface area (TPSA) is 92.5 Å². The summed E-state index contributed by atoms with van der Waals surface area (Å²) in [6.45, 7) is 7.12. The molecular formula is C18H30ClN3O3S. The number of halogens is 1. The van der Waals surface area contributed by atoms with Gasteiger partial charge >= 0.3 is 0 Å². The zero-order chi connectivity index (χ0) is 18.7. The number of benzene rings is 1. The summed E-state index contributed by atoms with van der Waals surface area (Å²) in [5, 5.41) is 2.79. The van der Waals surface area contributed by atoms with Crippen molar-refractivity contribution >= 4 is 28.3 Å². The molecule has 0 spiro atoms. The summed E-state index contributed by atoms with van der Waals surface area (Å²) in [4.78, 5) is 12.4. The average molecular weight is 404 g/mol. The lowest BCUT2D eigenvalue weighted by Gasteiger charge is -2.26. The maximum absolute atomic E-state index is 12.7. The smallest absolute Gasteiger partial charge is 0.243 e. The van der Waals surface area contributed by atoms with Crippen molar-refractivity contribution < 1.29 is 13.2 Å². The zero-order valence-corrected chi connectivity index (χ0v) is 17.3. The molecule has 0 aliphatic carbocycles. The number of amides is 1. The third kappa shape index (κ3) is 5.67. The number of rotatable bonds is 5. The molecule has 2 rings (SSSR count). The lowest BCUT2D eigenvalue weighted by atomic mass is 9.87. The summed E-state index contributed by atoms with van der Waals surface area (Å²) < 4.78 is 27.0. The number of carbonyl (C=O) groups is 1. The van der Waals surface area contributed by atoms with Crippen LogP contribution in [0, 0.1) is 5.41 Å². The maximum Gasteiger partial charge on any atom is 0.243 e. The third-order valence-electron chi connectivity index (χ3n) is 4.53. The molecule has 1 fully saturated rings. The Balaban J connectivity index is 0.00000338. The summed E-state index contributed by atoms with van der Waals surface area (Å²) >= 11 is 0. The first-order valence-electron chi connectivity index (χ1n) is 8.75. The van der Waals surface area contributed by atoms with Gasteiger partial charge in [0.15, 0.2) is 0 Å². The molecule has 8 heteroatoms. The fraction of sp³-hybridized carbons (Fsp3) is 0.611. The minimum atomic E-state index is -3.47. The largest absolute Gasteiger partial charge is 0.351 e. The van der Waals surface area contributed by atoms with E-state index in [9.17, 15) is 13.2 Å². The molecule has 1 heterocycles. The molecule has 1 saturated heterocycles. The molecule has 26 heavy (non-hydrogen) atoms. The second-order valence-electron chi connectivity index (χ2n) is 7.67. The van der Waals surface area contributed by atoms with Gasteiger partial charge in [-0.05, 0) is 36.0 Å². The Morgan fingerprint density at radius 1 is 1.23 bits per heavy atom. The number of nitrogens with one attached hydrogen (secondary N) is 1. The van der Waals surface area contributed by atoms with Crippen LogP contribution in [0.1, 0.15) is 45.6 Å². The van der Waals surface area contributed by atoms with E-state index in [1.165, 1.54) is 0 Å². The van der Waals surface area contributed by atoms with E-state index < -0.39 is 16.1 Å². The predicted octanol–water partition coefficient (Wildman–Crippen LogP) is 2.27. The van der Waals surface area contributed by atoms with Crippen LogP contribution < -0.4 is 11.1 Å². The quantitative estimate of drug-likeness (QED) is 0.788. The Bertz CT molecular complexity index is 711. The van der Waals surface area contributed by atoms with Crippen molar-refractivity contribution in [3.8, 4) is 0 Å². The number of hydrogen-bond donors (Lipinski definition) is 2. The molecule has 0 aromatic heterocycles. The third-order valence-corrected chi connectivity index (χ3v) is 6.43. The van der Waals surface area contributed by atoms with Gasteiger partial charge in [-0.2, -0.15) is 4.31 Å². The first kappa shape index (κ1) is 22.9. The van der Waals surface area contributed by atoms with Gasteiger partial charge in [-0.15, -0.1) is 12.4 Å². The van der Waals surface area contributed by atoms with Crippen LogP contribution in [0.15, 0.2) is 29.2 Å². The van der Waals surface area contributed by atoms with Gasteiger partial charge in [0.2, 0.25) is 15.9 Å². The van der Waals surface area contributed by atoms with Crippen LogP contribution in [0.25, 0.3) is 0 Å². The molecule has 1 aliphatic heterocycles. The summed E-state index contributed by atoms with van der Waals surface area (Å²) in [5.41, 5.74) is 6.35. The van der Waals surface area contributed by atoms with Crippen LogP contribution in [0.3, 0.4) is 0 Å². The maximum atomic E-state index is 12.7. The van der Waals surface area contributed by atoms with Crippen LogP contribution in [0.2, 0.25) is 0 Å². The van der Waals surface area contributed by atoms with Crippen LogP contribution in [-0.2, 0) is 21.4 Å². The van der Waals surface area contributed by atoms with Crippen LogP contribution in [-0.4, -0.2) is 37.8 Å². The van der Waals surface area contributed by atoms with Crippen molar-refractivity contribution in [3.05, 3.63) is 29.8 Å². The molecule has 148 valence electrons. The van der Waals surface area contributed by atoms with E-state index in [1.807, 2.05) is 20.8 Å². The van der Waals surface area contributed by atoms with Crippen molar-refractivity contribution in [1.82, 2.24) is 9.62 Å². The van der Waals surface area contributed by atoms with E-state index in [1.54, 1.807) is 28.6 Å². The van der Waals surface area contributed by atoms with Crippen molar-refractivity contribution in [1.29, 1.82) is 0 Å². The van der Waals surface area contributed by atoms with Gasteiger partial charge in [0.25, 0.3) is 0 Å². The van der Waals surface area contributed by atoms with E-state index in [-0.39, 0.29) is 35.2 Å². The number of piperidine rings is 1. The van der Waals surface area contributed by atoms with Gasteiger partial charge in [-0.1, -0.05) is 39.3 Å². The van der Waals surface area contributed by atoms with Crippen molar-refractivity contribution in [2.45, 2.75) is 57.5 Å². The minimum absolute atomic E-state index is 0. The van der Waals surface area contributed by atoms with Gasteiger partial charge in [0.05, 0.1) is 10.9 Å². The molecule has 3 N–H and O–H groups in total. The normalized spacial score (nSPS) is 17.2. The molecule has 1 aliphatic rings. The van der Waals surface area contributed by atoms with Crippen molar-refractivity contribution in [2.75, 3.05) is 13.1 Å². The summed E-state index contributed by atoms with van der Waals surface area (Å²) in [7, 11) is -3.47. The second-order valence-corrected chi connectivity index (χ2v) is 9.61. The first-order valence-corrected chi connectivity index (χ1v) is 10.2. The zero-order valence-electron chi connectivity index (χ0n) is 15.7. The van der Waals surface area contributed by atoms with Gasteiger partial charge in [0.1, 0.15) is 0 Å². The lowest BCUT2D eigenvalue weighted by molar-refractivity contribution is -0.124. The number of hydrogen-bond acceptors (Lipinski definition) is 4. The number of sulfonamides is 1. The Kier molecular flexibility index (Phi) is 8.07. The van der Waals surface area contributed by atoms with E-state index in [0.717, 1.165) is 24.8 Å². The lowest BCUT2D eigenvalue weighted by Crippen LogP contribution is -2.48. The first-order chi connectivity index (χ1) is 11.6. The summed E-state index contributed by atoms with van der Waals surface area (Å²) in [6, 6.07) is 6.14. The fourth-order valence-corrected chi connectivity index (χ4v) is 4.35. The SMILES string of the molecule is CC(C)(C)[C@H](N)C(=O)NCc1cccc(S(=O)(=O)N2CCCCC2)c1.Cl. The van der Waals surface area contributed by atoms with E-state index in [2.05, 4.69) is 5.32 Å². The number of nitrogens with zero attached hydrogens (tertiary/aromatic N) is 1. The van der Waals surface area contributed by atoms with Crippen molar-refractivity contribution in [3.63, 3.8) is 0 Å². The molecule has 1 amide bonds. The highest BCUT2D eigenvalue weighted by molar-refractivity contribution is 7.89. The van der Waals surface area contributed by atoms with Crippen LogP contribution in [0.5, 0.6) is 0 Å². The van der Waals surface area contributed by atoms with Crippen LogP contribution >= 0.6 is 12.4 Å². The predicted molar refractivity (Wildman–Crippen MR) is 106 cm³/mol. The molecule has 1 atom stereocenters. The Morgan fingerprint density at radius 3 is 2.42 bits per heavy atom. The number of nitrogens with two attached hydrogens (primary N) is 1. The Morgan fingerprint density at radius 2 is 1.85 bits per heavy atom. The summed E-state index contributed by atoms with van der Waals surface area (Å²) in [6.07, 6.45) is 2.88. The Labute approximate surface area is 163 Å². The Hall–Kier alpha value is -1.15. The van der Waals surface area contributed by atoms with Gasteiger partial charge in [-0.25, -0.2) is 8.42 Å². The van der Waals surface area contributed by atoms with Gasteiger partial charge < -0.3 is 11.1 Å². The van der Waals surface area contributed by atoms with E-state index >= 15 is 0 Å². The standard InChI is InChI=1S/C18H29N3O3S.ClH/c1-18(2,3)16(19)17(22)20-13-14-8-7-9-15(12-14)25(23,24)21-10-5-4-6-11-21;/h7-9,12,16H,4-6,10-11,13,19H2,1-3H3,(H,20,22);1H/t16-;/m1./s1. The van der Waals surface area contributed by atoms with Crippen LogP contribution in [0.4, 0.5) is 0 Å². The highest BCUT2D eigenvalue weighted by atomic mass is 35.5. The van der Waals surface area contributed by atoms with Gasteiger partial charge in [-0.3, -0.25) is 4.79 Å². The minimum Gasteiger partial charge on any atom is -0.351 e. The monoisotopic (exact) mass is 403 g/mol. The molecule has 1 aromatic carbocycles. The van der Waals surface area contributed by atoms with Gasteiger partial charge in [0, 0.05) is 19.6 Å². The van der Waals surface area contributed by atoms with E-state index in [0.29, 0.717) is 13.1 Å². The number of carbonyl (C=O) groups excluding carboxylic acids is 1. The molecule has 0 bridgehead atoms. The average Bonchev–Trinajstić information content (AvgIpc) is 2.59. The molecule has 6 nitrogen and oxygen atoms in total. The van der Waals surface area contributed by atoms with E-state index in [4.69, 9.17) is 5.73 Å². The fourth-order valence-electron chi connectivity index (χ4n) is 2.76.